The molecular weight excluding hydrogens is 234 g/mol. The van der Waals surface area contributed by atoms with Crippen LogP contribution < -0.4 is 5.32 Å². The molecule has 0 atom stereocenters. The number of rotatable bonds is 8. The topological polar surface area (TPSA) is 49.3 Å². The van der Waals surface area contributed by atoms with Crippen LogP contribution in [0.3, 0.4) is 0 Å². The molecule has 94 valence electrons. The van der Waals surface area contributed by atoms with Gasteiger partial charge in [-0.2, -0.15) is 0 Å². The number of benzene rings is 1. The predicted molar refractivity (Wildman–Crippen MR) is 71.1 cm³/mol. The SMILES string of the molecule is O=C(CSc1ccccc1)NCCCCCO. The second-order valence-corrected chi connectivity index (χ2v) is 4.78. The summed E-state index contributed by atoms with van der Waals surface area (Å²) in [5.41, 5.74) is 0. The summed E-state index contributed by atoms with van der Waals surface area (Å²) in [4.78, 5) is 12.6. The normalized spacial score (nSPS) is 10.2. The van der Waals surface area contributed by atoms with E-state index in [1.165, 1.54) is 0 Å². The van der Waals surface area contributed by atoms with Gasteiger partial charge >= 0.3 is 0 Å². The summed E-state index contributed by atoms with van der Waals surface area (Å²) in [6.45, 7) is 0.936. The minimum Gasteiger partial charge on any atom is -0.396 e. The van der Waals surface area contributed by atoms with Crippen molar-refractivity contribution in [2.75, 3.05) is 18.9 Å². The van der Waals surface area contributed by atoms with Gasteiger partial charge in [-0.3, -0.25) is 4.79 Å². The van der Waals surface area contributed by atoms with Crippen molar-refractivity contribution in [3.05, 3.63) is 30.3 Å². The summed E-state index contributed by atoms with van der Waals surface area (Å²) in [5, 5.41) is 11.5. The molecule has 0 fully saturated rings. The van der Waals surface area contributed by atoms with E-state index < -0.39 is 0 Å². The van der Waals surface area contributed by atoms with Crippen LogP contribution in [0.4, 0.5) is 0 Å². The summed E-state index contributed by atoms with van der Waals surface area (Å²) >= 11 is 1.54. The molecule has 0 aliphatic heterocycles. The highest BCUT2D eigenvalue weighted by Gasteiger charge is 2.01. The molecule has 0 saturated carbocycles. The molecule has 1 aromatic carbocycles. The first-order valence-electron chi connectivity index (χ1n) is 5.88. The van der Waals surface area contributed by atoms with E-state index in [2.05, 4.69) is 5.32 Å². The van der Waals surface area contributed by atoms with Gasteiger partial charge in [0.1, 0.15) is 0 Å². The van der Waals surface area contributed by atoms with Crippen molar-refractivity contribution in [3.63, 3.8) is 0 Å². The van der Waals surface area contributed by atoms with E-state index in [0.717, 1.165) is 24.2 Å². The minimum absolute atomic E-state index is 0.0721. The molecule has 1 aromatic rings. The Morgan fingerprint density at radius 3 is 2.65 bits per heavy atom. The number of aliphatic hydroxyl groups excluding tert-OH is 1. The Bertz CT molecular complexity index is 316. The third kappa shape index (κ3) is 7.02. The second-order valence-electron chi connectivity index (χ2n) is 3.74. The van der Waals surface area contributed by atoms with Crippen LogP contribution in [0.2, 0.25) is 0 Å². The highest BCUT2D eigenvalue weighted by atomic mass is 32.2. The van der Waals surface area contributed by atoms with Crippen LogP contribution in [0.15, 0.2) is 35.2 Å². The van der Waals surface area contributed by atoms with Gasteiger partial charge in [-0.05, 0) is 31.4 Å². The molecule has 3 nitrogen and oxygen atoms in total. The van der Waals surface area contributed by atoms with Crippen molar-refractivity contribution >= 4 is 17.7 Å². The van der Waals surface area contributed by atoms with Crippen LogP contribution >= 0.6 is 11.8 Å². The van der Waals surface area contributed by atoms with Gasteiger partial charge < -0.3 is 10.4 Å². The zero-order chi connectivity index (χ0) is 12.3. The van der Waals surface area contributed by atoms with Gasteiger partial charge in [0.15, 0.2) is 0 Å². The van der Waals surface area contributed by atoms with E-state index in [0.29, 0.717) is 12.3 Å². The largest absolute Gasteiger partial charge is 0.396 e. The Kier molecular flexibility index (Phi) is 7.51. The summed E-state index contributed by atoms with van der Waals surface area (Å²) in [7, 11) is 0. The fourth-order valence-corrected chi connectivity index (χ4v) is 2.11. The van der Waals surface area contributed by atoms with Crippen LogP contribution in [0.5, 0.6) is 0 Å². The molecule has 1 amide bonds. The third-order valence-corrected chi connectivity index (χ3v) is 3.28. The molecule has 0 heterocycles. The lowest BCUT2D eigenvalue weighted by Gasteiger charge is -2.04. The van der Waals surface area contributed by atoms with Crippen molar-refractivity contribution < 1.29 is 9.90 Å². The molecule has 0 bridgehead atoms. The van der Waals surface area contributed by atoms with E-state index >= 15 is 0 Å². The first-order chi connectivity index (χ1) is 8.33. The number of thioether (sulfide) groups is 1. The highest BCUT2D eigenvalue weighted by Crippen LogP contribution is 2.16. The van der Waals surface area contributed by atoms with E-state index in [9.17, 15) is 4.79 Å². The first-order valence-corrected chi connectivity index (χ1v) is 6.87. The Morgan fingerprint density at radius 1 is 1.18 bits per heavy atom. The zero-order valence-electron chi connectivity index (χ0n) is 9.89. The molecule has 0 spiro atoms. The van der Waals surface area contributed by atoms with Gasteiger partial charge in [-0.25, -0.2) is 0 Å². The van der Waals surface area contributed by atoms with Crippen LogP contribution in [0.1, 0.15) is 19.3 Å². The lowest BCUT2D eigenvalue weighted by Crippen LogP contribution is -2.26. The van der Waals surface area contributed by atoms with Gasteiger partial charge in [0, 0.05) is 18.0 Å². The summed E-state index contributed by atoms with van der Waals surface area (Å²) in [6.07, 6.45) is 2.71. The van der Waals surface area contributed by atoms with Gasteiger partial charge in [0.25, 0.3) is 0 Å². The molecule has 1 rings (SSSR count). The van der Waals surface area contributed by atoms with E-state index in [1.807, 2.05) is 30.3 Å². The van der Waals surface area contributed by atoms with Gasteiger partial charge in [0.2, 0.25) is 5.91 Å². The summed E-state index contributed by atoms with van der Waals surface area (Å²) in [5.74, 6) is 0.534. The molecule has 0 saturated heterocycles. The Hall–Kier alpha value is -1.00. The predicted octanol–water partition coefficient (Wildman–Crippen LogP) is 2.06. The first kappa shape index (κ1) is 14.1. The molecule has 2 N–H and O–H groups in total. The number of hydrogen-bond acceptors (Lipinski definition) is 3. The number of carbonyl (C=O) groups excluding carboxylic acids is 1. The summed E-state index contributed by atoms with van der Waals surface area (Å²) in [6, 6.07) is 9.90. The molecule has 0 unspecified atom stereocenters. The molecule has 4 heteroatoms. The smallest absolute Gasteiger partial charge is 0.230 e. The van der Waals surface area contributed by atoms with E-state index in [4.69, 9.17) is 5.11 Å². The Labute approximate surface area is 107 Å². The number of hydrogen-bond donors (Lipinski definition) is 2. The van der Waals surface area contributed by atoms with Crippen LogP contribution in [-0.2, 0) is 4.79 Å². The maximum absolute atomic E-state index is 11.5. The van der Waals surface area contributed by atoms with Gasteiger partial charge in [-0.1, -0.05) is 18.2 Å². The fraction of sp³-hybridized carbons (Fsp3) is 0.462. The van der Waals surface area contributed by atoms with Gasteiger partial charge in [-0.15, -0.1) is 11.8 Å². The molecule has 17 heavy (non-hydrogen) atoms. The maximum atomic E-state index is 11.5. The second kappa shape index (κ2) is 9.07. The van der Waals surface area contributed by atoms with Crippen molar-refractivity contribution in [2.24, 2.45) is 0 Å². The molecule has 0 aliphatic carbocycles. The number of nitrogens with one attached hydrogen (secondary N) is 1. The molecule has 0 radical (unpaired) electrons. The average Bonchev–Trinajstić information content (AvgIpc) is 2.37. The molecule has 0 aromatic heterocycles. The van der Waals surface area contributed by atoms with E-state index in [-0.39, 0.29) is 12.5 Å². The standard InChI is InChI=1S/C13H19NO2S/c15-10-6-2-5-9-14-13(16)11-17-12-7-3-1-4-8-12/h1,3-4,7-8,15H,2,5-6,9-11H2,(H,14,16). The zero-order valence-corrected chi connectivity index (χ0v) is 10.7. The van der Waals surface area contributed by atoms with E-state index in [1.54, 1.807) is 11.8 Å². The molecular formula is C13H19NO2S. The Balaban J connectivity index is 2.05. The average molecular weight is 253 g/mol. The number of aliphatic hydroxyl groups is 1. The maximum Gasteiger partial charge on any atom is 0.230 e. The number of amides is 1. The highest BCUT2D eigenvalue weighted by molar-refractivity contribution is 8.00. The molecule has 0 aliphatic rings. The van der Waals surface area contributed by atoms with Crippen molar-refractivity contribution in [2.45, 2.75) is 24.2 Å². The van der Waals surface area contributed by atoms with Crippen LogP contribution in [-0.4, -0.2) is 29.9 Å². The fourth-order valence-electron chi connectivity index (χ4n) is 1.36. The minimum atomic E-state index is 0.0721. The lowest BCUT2D eigenvalue weighted by atomic mass is 10.2. The summed E-state index contributed by atoms with van der Waals surface area (Å²) < 4.78 is 0. The lowest BCUT2D eigenvalue weighted by molar-refractivity contribution is -0.118. The van der Waals surface area contributed by atoms with Crippen molar-refractivity contribution in [3.8, 4) is 0 Å². The third-order valence-electron chi connectivity index (χ3n) is 2.27. The Morgan fingerprint density at radius 2 is 1.94 bits per heavy atom. The van der Waals surface area contributed by atoms with Crippen LogP contribution in [0.25, 0.3) is 0 Å². The van der Waals surface area contributed by atoms with Crippen LogP contribution in [0, 0.1) is 0 Å². The van der Waals surface area contributed by atoms with Crippen molar-refractivity contribution in [1.82, 2.24) is 5.32 Å². The number of unbranched alkanes of at least 4 members (excludes halogenated alkanes) is 2. The monoisotopic (exact) mass is 253 g/mol. The quantitative estimate of drug-likeness (QED) is 0.551. The van der Waals surface area contributed by atoms with Gasteiger partial charge in [0.05, 0.1) is 5.75 Å². The number of carbonyl (C=O) groups is 1. The van der Waals surface area contributed by atoms with Crippen molar-refractivity contribution in [1.29, 1.82) is 0 Å².